The maximum atomic E-state index is 12.7. The molecule has 0 unspecified atom stereocenters. The van der Waals surface area contributed by atoms with Crippen LogP contribution in [0.4, 0.5) is 5.69 Å². The fraction of sp³-hybridized carbons (Fsp3) is 0.357. The standard InChI is InChI=1S/C14H19N3O3S/c1-9-6-5-7-13(15)14(9)21(18,19)17(4)8-12-10(2)16-20-11(12)3/h5-7H,8,15H2,1-4H3. The zero-order valence-electron chi connectivity index (χ0n) is 12.5. The number of hydrogen-bond acceptors (Lipinski definition) is 5. The molecule has 0 amide bonds. The summed E-state index contributed by atoms with van der Waals surface area (Å²) in [5.74, 6) is 0.618. The third-order valence-electron chi connectivity index (χ3n) is 3.47. The topological polar surface area (TPSA) is 89.4 Å². The number of anilines is 1. The number of sulfonamides is 1. The van der Waals surface area contributed by atoms with E-state index in [1.807, 2.05) is 0 Å². The van der Waals surface area contributed by atoms with Gasteiger partial charge in [-0.25, -0.2) is 8.42 Å². The first-order valence-corrected chi connectivity index (χ1v) is 7.92. The summed E-state index contributed by atoms with van der Waals surface area (Å²) in [5.41, 5.74) is 8.18. The summed E-state index contributed by atoms with van der Waals surface area (Å²) in [4.78, 5) is 0.152. The summed E-state index contributed by atoms with van der Waals surface area (Å²) in [7, 11) is -2.15. The number of aromatic nitrogens is 1. The van der Waals surface area contributed by atoms with E-state index in [1.54, 1.807) is 39.0 Å². The van der Waals surface area contributed by atoms with Crippen LogP contribution < -0.4 is 5.73 Å². The summed E-state index contributed by atoms with van der Waals surface area (Å²) < 4.78 is 31.8. The SMILES string of the molecule is Cc1cccc(N)c1S(=O)(=O)N(C)Cc1c(C)noc1C. The molecule has 114 valence electrons. The van der Waals surface area contributed by atoms with Crippen molar-refractivity contribution >= 4 is 15.7 Å². The Bertz CT molecular complexity index is 726. The van der Waals surface area contributed by atoms with Crippen LogP contribution in [0.25, 0.3) is 0 Å². The molecule has 2 aromatic rings. The maximum Gasteiger partial charge on any atom is 0.245 e. The van der Waals surface area contributed by atoms with Crippen LogP contribution in [0.1, 0.15) is 22.6 Å². The molecule has 0 radical (unpaired) electrons. The lowest BCUT2D eigenvalue weighted by Crippen LogP contribution is -2.28. The fourth-order valence-corrected chi connectivity index (χ4v) is 3.67. The Balaban J connectivity index is 2.40. The molecule has 2 N–H and O–H groups in total. The molecule has 0 aliphatic carbocycles. The molecule has 0 aliphatic rings. The van der Waals surface area contributed by atoms with Gasteiger partial charge < -0.3 is 10.3 Å². The first-order chi connectivity index (χ1) is 9.75. The number of rotatable bonds is 4. The van der Waals surface area contributed by atoms with E-state index in [-0.39, 0.29) is 17.1 Å². The molecule has 0 spiro atoms. The highest BCUT2D eigenvalue weighted by Gasteiger charge is 2.26. The quantitative estimate of drug-likeness (QED) is 0.873. The molecular weight excluding hydrogens is 290 g/mol. The van der Waals surface area contributed by atoms with Gasteiger partial charge in [0, 0.05) is 19.2 Å². The van der Waals surface area contributed by atoms with E-state index in [0.29, 0.717) is 17.0 Å². The molecule has 2 rings (SSSR count). The zero-order valence-corrected chi connectivity index (χ0v) is 13.4. The average molecular weight is 309 g/mol. The third kappa shape index (κ3) is 2.79. The third-order valence-corrected chi connectivity index (χ3v) is 5.50. The Morgan fingerprint density at radius 2 is 1.95 bits per heavy atom. The maximum absolute atomic E-state index is 12.7. The van der Waals surface area contributed by atoms with Crippen LogP contribution >= 0.6 is 0 Å². The molecular formula is C14H19N3O3S. The van der Waals surface area contributed by atoms with E-state index in [9.17, 15) is 8.42 Å². The Kier molecular flexibility index (Phi) is 4.06. The van der Waals surface area contributed by atoms with Crippen molar-refractivity contribution < 1.29 is 12.9 Å². The van der Waals surface area contributed by atoms with Gasteiger partial charge in [0.05, 0.1) is 11.4 Å². The molecule has 0 fully saturated rings. The first kappa shape index (κ1) is 15.5. The largest absolute Gasteiger partial charge is 0.398 e. The highest BCUT2D eigenvalue weighted by Crippen LogP contribution is 2.27. The van der Waals surface area contributed by atoms with Crippen LogP contribution in [-0.2, 0) is 16.6 Å². The van der Waals surface area contributed by atoms with Crippen LogP contribution in [0.3, 0.4) is 0 Å². The van der Waals surface area contributed by atoms with E-state index >= 15 is 0 Å². The molecule has 0 aliphatic heterocycles. The van der Waals surface area contributed by atoms with Crippen molar-refractivity contribution in [1.82, 2.24) is 9.46 Å². The number of hydrogen-bond donors (Lipinski definition) is 1. The fourth-order valence-electron chi connectivity index (χ4n) is 2.22. The van der Waals surface area contributed by atoms with E-state index in [1.165, 1.54) is 11.4 Å². The van der Waals surface area contributed by atoms with Crippen molar-refractivity contribution in [1.29, 1.82) is 0 Å². The van der Waals surface area contributed by atoms with Gasteiger partial charge in [-0.3, -0.25) is 0 Å². The second-order valence-electron chi connectivity index (χ2n) is 5.06. The van der Waals surface area contributed by atoms with Crippen LogP contribution in [0.5, 0.6) is 0 Å². The van der Waals surface area contributed by atoms with E-state index in [2.05, 4.69) is 5.16 Å². The Morgan fingerprint density at radius 1 is 1.29 bits per heavy atom. The Labute approximate surface area is 124 Å². The Hall–Kier alpha value is -1.86. The monoisotopic (exact) mass is 309 g/mol. The summed E-state index contributed by atoms with van der Waals surface area (Å²) in [6.07, 6.45) is 0. The average Bonchev–Trinajstić information content (AvgIpc) is 2.70. The molecule has 0 saturated heterocycles. The minimum atomic E-state index is -3.67. The van der Waals surface area contributed by atoms with Gasteiger partial charge in [-0.05, 0) is 32.4 Å². The summed E-state index contributed by atoms with van der Waals surface area (Å²) in [6.45, 7) is 5.47. The van der Waals surface area contributed by atoms with Gasteiger partial charge >= 0.3 is 0 Å². The normalized spacial score (nSPS) is 12.0. The minimum absolute atomic E-state index is 0.152. The van der Waals surface area contributed by atoms with Gasteiger partial charge in [-0.2, -0.15) is 4.31 Å². The van der Waals surface area contributed by atoms with Gasteiger partial charge in [0.15, 0.2) is 0 Å². The van der Waals surface area contributed by atoms with Gasteiger partial charge in [0.25, 0.3) is 0 Å². The Morgan fingerprint density at radius 3 is 2.48 bits per heavy atom. The molecule has 0 bridgehead atoms. The van der Waals surface area contributed by atoms with E-state index in [0.717, 1.165) is 5.56 Å². The number of aryl methyl sites for hydroxylation is 3. The molecule has 1 heterocycles. The van der Waals surface area contributed by atoms with E-state index < -0.39 is 10.0 Å². The summed E-state index contributed by atoms with van der Waals surface area (Å²) >= 11 is 0. The van der Waals surface area contributed by atoms with Crippen molar-refractivity contribution in [2.75, 3.05) is 12.8 Å². The zero-order chi connectivity index (χ0) is 15.8. The summed E-state index contributed by atoms with van der Waals surface area (Å²) in [5, 5.41) is 3.84. The first-order valence-electron chi connectivity index (χ1n) is 6.48. The number of nitrogens with two attached hydrogens (primary N) is 1. The van der Waals surface area contributed by atoms with Crippen LogP contribution in [-0.4, -0.2) is 24.9 Å². The number of benzene rings is 1. The van der Waals surface area contributed by atoms with Gasteiger partial charge in [0.2, 0.25) is 10.0 Å². The molecule has 6 nitrogen and oxygen atoms in total. The van der Waals surface area contributed by atoms with Crippen LogP contribution in [0, 0.1) is 20.8 Å². The predicted octanol–water partition coefficient (Wildman–Crippen LogP) is 2.00. The molecule has 21 heavy (non-hydrogen) atoms. The minimum Gasteiger partial charge on any atom is -0.398 e. The van der Waals surface area contributed by atoms with Gasteiger partial charge in [-0.15, -0.1) is 0 Å². The van der Waals surface area contributed by atoms with Crippen molar-refractivity contribution in [3.8, 4) is 0 Å². The molecule has 0 atom stereocenters. The van der Waals surface area contributed by atoms with Crippen molar-refractivity contribution in [2.45, 2.75) is 32.2 Å². The van der Waals surface area contributed by atoms with Crippen LogP contribution in [0.15, 0.2) is 27.6 Å². The lowest BCUT2D eigenvalue weighted by atomic mass is 10.2. The molecule has 1 aromatic heterocycles. The van der Waals surface area contributed by atoms with Crippen molar-refractivity contribution in [2.24, 2.45) is 0 Å². The van der Waals surface area contributed by atoms with E-state index in [4.69, 9.17) is 10.3 Å². The second kappa shape index (κ2) is 5.50. The highest BCUT2D eigenvalue weighted by atomic mass is 32.2. The van der Waals surface area contributed by atoms with Gasteiger partial charge in [-0.1, -0.05) is 17.3 Å². The molecule has 0 saturated carbocycles. The predicted molar refractivity (Wildman–Crippen MR) is 80.2 cm³/mol. The number of nitrogens with zero attached hydrogens (tertiary/aromatic N) is 2. The molecule has 1 aromatic carbocycles. The lowest BCUT2D eigenvalue weighted by Gasteiger charge is -2.19. The van der Waals surface area contributed by atoms with Gasteiger partial charge in [0.1, 0.15) is 10.7 Å². The van der Waals surface area contributed by atoms with Crippen molar-refractivity contribution in [3.05, 3.63) is 40.8 Å². The number of nitrogen functional groups attached to an aromatic ring is 1. The smallest absolute Gasteiger partial charge is 0.245 e. The molecule has 7 heteroatoms. The lowest BCUT2D eigenvalue weighted by molar-refractivity contribution is 0.390. The second-order valence-corrected chi connectivity index (χ2v) is 7.04. The van der Waals surface area contributed by atoms with Crippen LogP contribution in [0.2, 0.25) is 0 Å². The highest BCUT2D eigenvalue weighted by molar-refractivity contribution is 7.89. The summed E-state index contributed by atoms with van der Waals surface area (Å²) in [6, 6.07) is 5.05. The van der Waals surface area contributed by atoms with Crippen molar-refractivity contribution in [3.63, 3.8) is 0 Å².